The van der Waals surface area contributed by atoms with Crippen LogP contribution in [0.2, 0.25) is 38.3 Å². The summed E-state index contributed by atoms with van der Waals surface area (Å²) in [7, 11) is -6.83. The Labute approximate surface area is 178 Å². The van der Waals surface area contributed by atoms with E-state index in [2.05, 4.69) is 104 Å². The average Bonchev–Trinajstić information content (AvgIpc) is 2.72. The molecule has 0 saturated carbocycles. The Morgan fingerprint density at radius 1 is 0.586 bits per heavy atom. The van der Waals surface area contributed by atoms with Crippen LogP contribution in [-0.2, 0) is 4.12 Å². The van der Waals surface area contributed by atoms with Crippen LogP contribution < -0.4 is 15.6 Å². The molecule has 1 N–H and O–H groups in total. The van der Waals surface area contributed by atoms with E-state index >= 15 is 0 Å². The third-order valence-electron chi connectivity index (χ3n) is 5.31. The van der Waals surface area contributed by atoms with Gasteiger partial charge < -0.3 is 8.91 Å². The molecule has 0 bridgehead atoms. The van der Waals surface area contributed by atoms with E-state index in [9.17, 15) is 4.80 Å². The molecule has 0 fully saturated rings. The van der Waals surface area contributed by atoms with E-state index in [-0.39, 0.29) is 0 Å². The van der Waals surface area contributed by atoms with Gasteiger partial charge in [0.2, 0.25) is 0 Å². The average molecular weight is 437 g/mol. The van der Waals surface area contributed by atoms with Crippen LogP contribution in [0.4, 0.5) is 0 Å². The monoisotopic (exact) mass is 436 g/mol. The Morgan fingerprint density at radius 2 is 0.931 bits per heavy atom. The highest BCUT2D eigenvalue weighted by atomic mass is 28.4. The van der Waals surface area contributed by atoms with Gasteiger partial charge in [0, 0.05) is 0 Å². The lowest BCUT2D eigenvalue weighted by Gasteiger charge is -2.40. The van der Waals surface area contributed by atoms with Gasteiger partial charge in [0.05, 0.1) is 0 Å². The van der Waals surface area contributed by atoms with Crippen LogP contribution >= 0.6 is 0 Å². The minimum Gasteiger partial charge on any atom is -0.446 e. The molecular formula is C24H32O2Si3. The quantitative estimate of drug-likeness (QED) is 0.426. The minimum absolute atomic E-state index is 0.884. The summed E-state index contributed by atoms with van der Waals surface area (Å²) < 4.78 is 7.37. The third-order valence-corrected chi connectivity index (χ3v) is 15.6. The van der Waals surface area contributed by atoms with Gasteiger partial charge in [-0.2, -0.15) is 0 Å². The third kappa shape index (κ3) is 5.44. The van der Waals surface area contributed by atoms with Gasteiger partial charge in [0.15, 0.2) is 16.6 Å². The Kier molecular flexibility index (Phi) is 6.76. The molecule has 0 aliphatic heterocycles. The number of hydrogen-bond donors (Lipinski definition) is 1. The van der Waals surface area contributed by atoms with Crippen molar-refractivity contribution >= 4 is 40.5 Å². The first-order valence-corrected chi connectivity index (χ1v) is 18.5. The van der Waals surface area contributed by atoms with E-state index in [0.29, 0.717) is 0 Å². The summed E-state index contributed by atoms with van der Waals surface area (Å²) in [5.41, 5.74) is 0. The molecule has 0 heterocycles. The predicted molar refractivity (Wildman–Crippen MR) is 132 cm³/mol. The lowest BCUT2D eigenvalue weighted by molar-refractivity contribution is 0.540. The van der Waals surface area contributed by atoms with Gasteiger partial charge in [0.1, 0.15) is 0 Å². The zero-order valence-electron chi connectivity index (χ0n) is 17.9. The highest BCUT2D eigenvalue weighted by Crippen LogP contribution is 2.24. The molecule has 0 spiro atoms. The van der Waals surface area contributed by atoms with Crippen LogP contribution in [0.5, 0.6) is 0 Å². The van der Waals surface area contributed by atoms with Crippen molar-refractivity contribution in [1.29, 1.82) is 0 Å². The van der Waals surface area contributed by atoms with Gasteiger partial charge in [-0.15, -0.1) is 0 Å². The summed E-state index contributed by atoms with van der Waals surface area (Å²) in [4.78, 5) is 10.4. The van der Waals surface area contributed by atoms with Crippen LogP contribution in [0, 0.1) is 0 Å². The SMILES string of the molecule is C[Si](C)(O)CC[Si](C)(C)O[Si](c1ccccc1)(c1ccccc1)c1ccccc1. The van der Waals surface area contributed by atoms with Crippen molar-refractivity contribution in [3.05, 3.63) is 91.0 Å². The molecular weight excluding hydrogens is 405 g/mol. The van der Waals surface area contributed by atoms with Gasteiger partial charge in [-0.25, -0.2) is 0 Å². The molecule has 3 rings (SSSR count). The van der Waals surface area contributed by atoms with Gasteiger partial charge in [-0.1, -0.05) is 91.0 Å². The Balaban J connectivity index is 2.17. The van der Waals surface area contributed by atoms with Crippen LogP contribution in [0.1, 0.15) is 0 Å². The molecule has 0 unspecified atom stereocenters. The van der Waals surface area contributed by atoms with Crippen LogP contribution in [0.15, 0.2) is 91.0 Å². The van der Waals surface area contributed by atoms with Crippen LogP contribution in [0.3, 0.4) is 0 Å². The zero-order valence-corrected chi connectivity index (χ0v) is 20.9. The van der Waals surface area contributed by atoms with Crippen molar-refractivity contribution in [2.24, 2.45) is 0 Å². The van der Waals surface area contributed by atoms with Crippen molar-refractivity contribution < 1.29 is 8.91 Å². The molecule has 0 amide bonds. The Hall–Kier alpha value is -1.77. The van der Waals surface area contributed by atoms with E-state index in [1.165, 1.54) is 15.6 Å². The maximum Gasteiger partial charge on any atom is 0.278 e. The second-order valence-corrected chi connectivity index (χ2v) is 21.0. The zero-order chi connectivity index (χ0) is 21.0. The first-order chi connectivity index (χ1) is 13.7. The normalized spacial score (nSPS) is 12.7. The first kappa shape index (κ1) is 21.9. The van der Waals surface area contributed by atoms with Crippen molar-refractivity contribution in [1.82, 2.24) is 0 Å². The smallest absolute Gasteiger partial charge is 0.278 e. The molecule has 3 aromatic rings. The topological polar surface area (TPSA) is 29.5 Å². The van der Waals surface area contributed by atoms with Gasteiger partial charge in [0.25, 0.3) is 8.32 Å². The Bertz CT molecular complexity index is 795. The first-order valence-electron chi connectivity index (χ1n) is 10.3. The summed E-state index contributed by atoms with van der Waals surface area (Å²) in [6.45, 7) is 8.66. The van der Waals surface area contributed by atoms with Crippen molar-refractivity contribution in [2.75, 3.05) is 0 Å². The van der Waals surface area contributed by atoms with E-state index in [0.717, 1.165) is 12.1 Å². The molecule has 0 aromatic heterocycles. The number of hydrogen-bond acceptors (Lipinski definition) is 2. The van der Waals surface area contributed by atoms with Gasteiger partial charge in [-0.05, 0) is 53.8 Å². The lowest BCUT2D eigenvalue weighted by Crippen LogP contribution is -2.72. The van der Waals surface area contributed by atoms with Crippen LogP contribution in [0.25, 0.3) is 0 Å². The molecule has 0 radical (unpaired) electrons. The molecule has 3 aromatic carbocycles. The molecule has 2 nitrogen and oxygen atoms in total. The van der Waals surface area contributed by atoms with Gasteiger partial charge >= 0.3 is 0 Å². The molecule has 5 heteroatoms. The molecule has 0 aliphatic rings. The Morgan fingerprint density at radius 3 is 1.24 bits per heavy atom. The summed E-state index contributed by atoms with van der Waals surface area (Å²) in [6.07, 6.45) is 0. The van der Waals surface area contributed by atoms with Crippen molar-refractivity contribution in [3.63, 3.8) is 0 Å². The fourth-order valence-corrected chi connectivity index (χ4v) is 16.7. The standard InChI is InChI=1S/C24H32O2Si3/c1-27(2,25)20-21-28(3,4)26-29(22-14-8-5-9-15-22,23-16-10-6-11-17-23)24-18-12-7-13-19-24/h5-19,25H,20-21H2,1-4H3. The lowest BCUT2D eigenvalue weighted by atomic mass is 10.3. The summed E-state index contributed by atoms with van der Waals surface area (Å²) in [5, 5.41) is 3.83. The second-order valence-electron chi connectivity index (χ2n) is 8.95. The molecule has 0 atom stereocenters. The van der Waals surface area contributed by atoms with E-state index in [1.807, 2.05) is 13.1 Å². The van der Waals surface area contributed by atoms with Gasteiger partial charge in [-0.3, -0.25) is 0 Å². The summed E-state index contributed by atoms with van der Waals surface area (Å²) in [5.74, 6) is 0. The maximum atomic E-state index is 10.4. The number of benzene rings is 3. The second kappa shape index (κ2) is 8.93. The highest BCUT2D eigenvalue weighted by Gasteiger charge is 2.46. The minimum atomic E-state index is -2.66. The van der Waals surface area contributed by atoms with Crippen molar-refractivity contribution in [2.45, 2.75) is 38.3 Å². The fraction of sp³-hybridized carbons (Fsp3) is 0.250. The molecule has 152 valence electrons. The fourth-order valence-electron chi connectivity index (χ4n) is 3.77. The predicted octanol–water partition coefficient (Wildman–Crippen LogP) is 4.07. The number of rotatable bonds is 8. The molecule has 29 heavy (non-hydrogen) atoms. The summed E-state index contributed by atoms with van der Waals surface area (Å²) in [6, 6.07) is 34.1. The van der Waals surface area contributed by atoms with E-state index in [1.54, 1.807) is 0 Å². The van der Waals surface area contributed by atoms with E-state index in [4.69, 9.17) is 4.12 Å². The maximum absolute atomic E-state index is 10.4. The van der Waals surface area contributed by atoms with Crippen LogP contribution in [-0.4, -0.2) is 29.7 Å². The highest BCUT2D eigenvalue weighted by molar-refractivity contribution is 7.10. The van der Waals surface area contributed by atoms with E-state index < -0.39 is 25.0 Å². The largest absolute Gasteiger partial charge is 0.446 e. The molecule has 0 saturated heterocycles. The molecule has 0 aliphatic carbocycles. The summed E-state index contributed by atoms with van der Waals surface area (Å²) >= 11 is 0. The van der Waals surface area contributed by atoms with Crippen molar-refractivity contribution in [3.8, 4) is 0 Å².